The summed E-state index contributed by atoms with van der Waals surface area (Å²) in [6.07, 6.45) is 0.00201. The monoisotopic (exact) mass is 358 g/mol. The van der Waals surface area contributed by atoms with Crippen molar-refractivity contribution in [2.45, 2.75) is 31.5 Å². The molecule has 0 saturated carbocycles. The number of nitrogens with one attached hydrogen (secondary N) is 1. The normalized spacial score (nSPS) is 17.0. The molecule has 0 amide bonds. The van der Waals surface area contributed by atoms with Crippen LogP contribution in [0.5, 0.6) is 0 Å². The van der Waals surface area contributed by atoms with Gasteiger partial charge in [0.1, 0.15) is 0 Å². The van der Waals surface area contributed by atoms with Crippen molar-refractivity contribution >= 4 is 10.9 Å². The van der Waals surface area contributed by atoms with E-state index in [9.17, 15) is 13.2 Å². The molecule has 0 atom stereocenters. The van der Waals surface area contributed by atoms with Gasteiger partial charge in [0.2, 0.25) is 0 Å². The highest BCUT2D eigenvalue weighted by Gasteiger charge is 2.30. The summed E-state index contributed by atoms with van der Waals surface area (Å²) in [7, 11) is 0. The molecule has 0 bridgehead atoms. The molecule has 1 aliphatic rings. The number of para-hydroxylation sites is 1. The lowest BCUT2D eigenvalue weighted by atomic mass is 9.89. The quantitative estimate of drug-likeness (QED) is 0.649. The number of piperidine rings is 1. The van der Waals surface area contributed by atoms with Crippen molar-refractivity contribution in [2.75, 3.05) is 13.1 Å². The highest BCUT2D eigenvalue weighted by molar-refractivity contribution is 5.83. The third kappa shape index (κ3) is 3.49. The van der Waals surface area contributed by atoms with E-state index in [0.29, 0.717) is 12.5 Å². The summed E-state index contributed by atoms with van der Waals surface area (Å²) >= 11 is 0. The van der Waals surface area contributed by atoms with Crippen LogP contribution in [0, 0.1) is 0 Å². The first kappa shape index (κ1) is 17.2. The van der Waals surface area contributed by atoms with Crippen molar-refractivity contribution < 1.29 is 13.2 Å². The SMILES string of the molecule is FC(F)(F)c1ccc(CN2CCC(c3c[nH]c4ccccc34)CC2)cc1. The fourth-order valence-electron chi connectivity index (χ4n) is 3.89. The summed E-state index contributed by atoms with van der Waals surface area (Å²) in [4.78, 5) is 5.68. The number of alkyl halides is 3. The molecular formula is C21H21F3N2. The topological polar surface area (TPSA) is 19.0 Å². The summed E-state index contributed by atoms with van der Waals surface area (Å²) in [5, 5.41) is 1.30. The molecular weight excluding hydrogens is 337 g/mol. The Labute approximate surface area is 150 Å². The zero-order chi connectivity index (χ0) is 18.1. The molecule has 136 valence electrons. The maximum atomic E-state index is 12.7. The van der Waals surface area contributed by atoms with Gasteiger partial charge in [-0.25, -0.2) is 0 Å². The third-order valence-electron chi connectivity index (χ3n) is 5.34. The number of halogens is 3. The number of aromatic nitrogens is 1. The van der Waals surface area contributed by atoms with Crippen LogP contribution >= 0.6 is 0 Å². The highest BCUT2D eigenvalue weighted by Crippen LogP contribution is 2.34. The number of nitrogens with zero attached hydrogens (tertiary/aromatic N) is 1. The van der Waals surface area contributed by atoms with Crippen molar-refractivity contribution in [1.29, 1.82) is 0 Å². The molecule has 2 heterocycles. The smallest absolute Gasteiger partial charge is 0.361 e. The zero-order valence-corrected chi connectivity index (χ0v) is 14.4. The molecule has 0 aliphatic carbocycles. The van der Waals surface area contributed by atoms with Crippen LogP contribution < -0.4 is 0 Å². The minimum atomic E-state index is -4.27. The summed E-state index contributed by atoms with van der Waals surface area (Å²) in [6, 6.07) is 13.9. The largest absolute Gasteiger partial charge is 0.416 e. The molecule has 3 aromatic rings. The molecule has 1 fully saturated rings. The first-order valence-electron chi connectivity index (χ1n) is 8.95. The molecule has 0 spiro atoms. The van der Waals surface area contributed by atoms with E-state index in [1.165, 1.54) is 28.6 Å². The number of benzene rings is 2. The van der Waals surface area contributed by atoms with Crippen LogP contribution in [0.25, 0.3) is 10.9 Å². The van der Waals surface area contributed by atoms with E-state index in [4.69, 9.17) is 0 Å². The Hall–Kier alpha value is -2.27. The maximum Gasteiger partial charge on any atom is 0.416 e. The number of rotatable bonds is 3. The van der Waals surface area contributed by atoms with Crippen molar-refractivity contribution in [1.82, 2.24) is 9.88 Å². The third-order valence-corrected chi connectivity index (χ3v) is 5.34. The van der Waals surface area contributed by atoms with Gasteiger partial charge in [-0.05, 0) is 61.2 Å². The molecule has 5 heteroatoms. The van der Waals surface area contributed by atoms with Gasteiger partial charge < -0.3 is 4.98 Å². The molecule has 4 rings (SSSR count). The van der Waals surface area contributed by atoms with Crippen LogP contribution in [-0.4, -0.2) is 23.0 Å². The van der Waals surface area contributed by atoms with Crippen LogP contribution in [0.1, 0.15) is 35.4 Å². The van der Waals surface area contributed by atoms with E-state index >= 15 is 0 Å². The van der Waals surface area contributed by atoms with E-state index in [1.54, 1.807) is 12.1 Å². The van der Waals surface area contributed by atoms with Gasteiger partial charge in [-0.15, -0.1) is 0 Å². The van der Waals surface area contributed by atoms with Crippen molar-refractivity contribution in [3.63, 3.8) is 0 Å². The predicted octanol–water partition coefficient (Wildman–Crippen LogP) is 5.57. The number of hydrogen-bond donors (Lipinski definition) is 1. The minimum Gasteiger partial charge on any atom is -0.361 e. The van der Waals surface area contributed by atoms with Crippen molar-refractivity contribution in [3.8, 4) is 0 Å². The van der Waals surface area contributed by atoms with E-state index in [1.807, 2.05) is 6.07 Å². The Kier molecular flexibility index (Phi) is 4.49. The molecule has 1 aromatic heterocycles. The van der Waals surface area contributed by atoms with Gasteiger partial charge in [0.25, 0.3) is 0 Å². The van der Waals surface area contributed by atoms with Gasteiger partial charge in [0.05, 0.1) is 5.56 Å². The molecule has 0 radical (unpaired) electrons. The lowest BCUT2D eigenvalue weighted by molar-refractivity contribution is -0.137. The zero-order valence-electron chi connectivity index (χ0n) is 14.4. The first-order chi connectivity index (χ1) is 12.5. The van der Waals surface area contributed by atoms with Crippen LogP contribution in [0.4, 0.5) is 13.2 Å². The predicted molar refractivity (Wildman–Crippen MR) is 97.0 cm³/mol. The second-order valence-corrected chi connectivity index (χ2v) is 7.03. The van der Waals surface area contributed by atoms with Gasteiger partial charge in [-0.2, -0.15) is 13.2 Å². The molecule has 1 aliphatic heterocycles. The Bertz CT molecular complexity index is 872. The van der Waals surface area contributed by atoms with Gasteiger partial charge in [0.15, 0.2) is 0 Å². The number of aromatic amines is 1. The van der Waals surface area contributed by atoms with Gasteiger partial charge in [-0.3, -0.25) is 4.90 Å². The lowest BCUT2D eigenvalue weighted by Gasteiger charge is -2.32. The Morgan fingerprint density at radius 3 is 2.35 bits per heavy atom. The summed E-state index contributed by atoms with van der Waals surface area (Å²) < 4.78 is 38.0. The van der Waals surface area contributed by atoms with Gasteiger partial charge in [0, 0.05) is 23.6 Å². The Balaban J connectivity index is 1.38. The average molecular weight is 358 g/mol. The fraction of sp³-hybridized carbons (Fsp3) is 0.333. The standard InChI is InChI=1S/C21H21F3N2/c22-21(23,24)17-7-5-15(6-8-17)14-26-11-9-16(10-12-26)19-13-25-20-4-2-1-3-18(19)20/h1-8,13,16,25H,9-12,14H2. The Morgan fingerprint density at radius 1 is 0.962 bits per heavy atom. The average Bonchev–Trinajstić information content (AvgIpc) is 3.06. The van der Waals surface area contributed by atoms with Gasteiger partial charge in [-0.1, -0.05) is 30.3 Å². The molecule has 26 heavy (non-hydrogen) atoms. The number of H-pyrrole nitrogens is 1. The molecule has 2 nitrogen and oxygen atoms in total. The van der Waals surface area contributed by atoms with Crippen molar-refractivity contribution in [2.24, 2.45) is 0 Å². The van der Waals surface area contributed by atoms with E-state index in [2.05, 4.69) is 34.3 Å². The van der Waals surface area contributed by atoms with Gasteiger partial charge >= 0.3 is 6.18 Å². The van der Waals surface area contributed by atoms with Crippen LogP contribution in [0.15, 0.2) is 54.7 Å². The molecule has 1 saturated heterocycles. The maximum absolute atomic E-state index is 12.7. The molecule has 1 N–H and O–H groups in total. The van der Waals surface area contributed by atoms with E-state index in [-0.39, 0.29) is 0 Å². The van der Waals surface area contributed by atoms with Crippen LogP contribution in [0.2, 0.25) is 0 Å². The summed E-state index contributed by atoms with van der Waals surface area (Å²) in [5.41, 5.74) is 2.91. The summed E-state index contributed by atoms with van der Waals surface area (Å²) in [6.45, 7) is 2.63. The number of likely N-dealkylation sites (tertiary alicyclic amines) is 1. The second kappa shape index (κ2) is 6.80. The highest BCUT2D eigenvalue weighted by atomic mass is 19.4. The lowest BCUT2D eigenvalue weighted by Crippen LogP contribution is -2.32. The summed E-state index contributed by atoms with van der Waals surface area (Å²) in [5.74, 6) is 0.537. The number of hydrogen-bond acceptors (Lipinski definition) is 1. The molecule has 0 unspecified atom stereocenters. The van der Waals surface area contributed by atoms with E-state index in [0.717, 1.165) is 31.5 Å². The van der Waals surface area contributed by atoms with Crippen LogP contribution in [-0.2, 0) is 12.7 Å². The Morgan fingerprint density at radius 2 is 1.65 bits per heavy atom. The van der Waals surface area contributed by atoms with E-state index < -0.39 is 11.7 Å². The fourth-order valence-corrected chi connectivity index (χ4v) is 3.89. The number of fused-ring (bicyclic) bond motifs is 1. The second-order valence-electron chi connectivity index (χ2n) is 7.03. The van der Waals surface area contributed by atoms with Crippen molar-refractivity contribution in [3.05, 3.63) is 71.4 Å². The first-order valence-corrected chi connectivity index (χ1v) is 8.95. The minimum absolute atomic E-state index is 0.537. The van der Waals surface area contributed by atoms with Crippen LogP contribution in [0.3, 0.4) is 0 Å². The molecule has 2 aromatic carbocycles.